The van der Waals surface area contributed by atoms with Gasteiger partial charge in [0.25, 0.3) is 0 Å². The lowest BCUT2D eigenvalue weighted by Crippen LogP contribution is -2.13. The molecular weight excluding hydrogens is 259 g/mol. The maximum absolute atomic E-state index is 13.2. The molecule has 0 fully saturated rings. The molecule has 0 aliphatic heterocycles. The van der Waals surface area contributed by atoms with E-state index in [4.69, 9.17) is 27.5 Å². The minimum atomic E-state index is -0.600. The Bertz CT molecular complexity index is 605. The Labute approximate surface area is 107 Å². The van der Waals surface area contributed by atoms with E-state index in [1.54, 1.807) is 0 Å². The first-order valence-corrected chi connectivity index (χ1v) is 5.24. The molecular formula is C11H8ClFN4O. The molecule has 7 heteroatoms. The lowest BCUT2D eigenvalue weighted by atomic mass is 10.3. The summed E-state index contributed by atoms with van der Waals surface area (Å²) in [5.41, 5.74) is 5.51. The van der Waals surface area contributed by atoms with Gasteiger partial charge in [0.1, 0.15) is 23.1 Å². The highest BCUT2D eigenvalue weighted by Gasteiger charge is 2.06. The van der Waals surface area contributed by atoms with Gasteiger partial charge in [0, 0.05) is 12.3 Å². The van der Waals surface area contributed by atoms with Crippen LogP contribution in [0.5, 0.6) is 11.8 Å². The molecule has 0 saturated heterocycles. The van der Waals surface area contributed by atoms with Crippen LogP contribution in [-0.4, -0.2) is 15.8 Å². The second kappa shape index (κ2) is 4.97. The number of hydrogen-bond donors (Lipinski definition) is 2. The van der Waals surface area contributed by atoms with Gasteiger partial charge in [-0.25, -0.2) is 9.37 Å². The summed E-state index contributed by atoms with van der Waals surface area (Å²) in [7, 11) is 0. The predicted molar refractivity (Wildman–Crippen MR) is 64.5 cm³/mol. The van der Waals surface area contributed by atoms with Crippen LogP contribution in [0.3, 0.4) is 0 Å². The molecule has 5 nitrogen and oxygen atoms in total. The van der Waals surface area contributed by atoms with Gasteiger partial charge in [-0.05, 0) is 18.2 Å². The standard InChI is InChI=1S/C11H8ClFN4O/c12-7-2-1-6(5-8(7)13)18-11-16-4-3-9(17-11)10(14)15/h1-5H,(H3,14,15). The molecule has 0 unspecified atom stereocenters. The summed E-state index contributed by atoms with van der Waals surface area (Å²) < 4.78 is 18.4. The van der Waals surface area contributed by atoms with E-state index < -0.39 is 5.82 Å². The molecule has 0 aliphatic rings. The van der Waals surface area contributed by atoms with Crippen molar-refractivity contribution in [2.24, 2.45) is 5.73 Å². The quantitative estimate of drug-likeness (QED) is 0.660. The van der Waals surface area contributed by atoms with Crippen molar-refractivity contribution < 1.29 is 9.13 Å². The molecule has 1 aromatic carbocycles. The van der Waals surface area contributed by atoms with Crippen molar-refractivity contribution in [1.82, 2.24) is 9.97 Å². The Balaban J connectivity index is 2.25. The van der Waals surface area contributed by atoms with E-state index in [-0.39, 0.29) is 28.3 Å². The molecule has 0 atom stereocenters. The summed E-state index contributed by atoms with van der Waals surface area (Å²) >= 11 is 5.54. The number of rotatable bonds is 3. The number of nitrogen functional groups attached to an aromatic ring is 1. The highest BCUT2D eigenvalue weighted by Crippen LogP contribution is 2.23. The van der Waals surface area contributed by atoms with Crippen LogP contribution >= 0.6 is 11.6 Å². The van der Waals surface area contributed by atoms with E-state index >= 15 is 0 Å². The third-order valence-corrected chi connectivity index (χ3v) is 2.32. The van der Waals surface area contributed by atoms with Crippen LogP contribution in [0.15, 0.2) is 30.5 Å². The molecule has 0 spiro atoms. The van der Waals surface area contributed by atoms with Gasteiger partial charge in [-0.2, -0.15) is 4.98 Å². The molecule has 1 heterocycles. The maximum Gasteiger partial charge on any atom is 0.322 e. The van der Waals surface area contributed by atoms with E-state index in [1.165, 1.54) is 24.4 Å². The second-order valence-electron chi connectivity index (χ2n) is 3.32. The Hall–Kier alpha value is -2.21. The number of nitrogens with two attached hydrogens (primary N) is 1. The Kier molecular flexibility index (Phi) is 3.38. The Morgan fingerprint density at radius 3 is 2.83 bits per heavy atom. The second-order valence-corrected chi connectivity index (χ2v) is 3.72. The van der Waals surface area contributed by atoms with Crippen LogP contribution in [0.2, 0.25) is 5.02 Å². The summed E-state index contributed by atoms with van der Waals surface area (Å²) in [6.45, 7) is 0. The number of benzene rings is 1. The van der Waals surface area contributed by atoms with Gasteiger partial charge < -0.3 is 10.5 Å². The minimum Gasteiger partial charge on any atom is -0.424 e. The molecule has 3 N–H and O–H groups in total. The Morgan fingerprint density at radius 1 is 1.39 bits per heavy atom. The number of hydrogen-bond acceptors (Lipinski definition) is 4. The van der Waals surface area contributed by atoms with Crippen LogP contribution in [0.1, 0.15) is 5.69 Å². The van der Waals surface area contributed by atoms with Crippen LogP contribution in [-0.2, 0) is 0 Å². The third-order valence-electron chi connectivity index (χ3n) is 2.01. The minimum absolute atomic E-state index is 0.000699. The van der Waals surface area contributed by atoms with Crippen molar-refractivity contribution in [3.8, 4) is 11.8 Å². The van der Waals surface area contributed by atoms with Gasteiger partial charge >= 0.3 is 6.01 Å². The van der Waals surface area contributed by atoms with E-state index in [0.717, 1.165) is 6.07 Å². The predicted octanol–water partition coefficient (Wildman–Crippen LogP) is 2.35. The zero-order valence-corrected chi connectivity index (χ0v) is 9.78. The zero-order valence-electron chi connectivity index (χ0n) is 9.02. The number of amidine groups is 1. The molecule has 0 saturated carbocycles. The maximum atomic E-state index is 13.2. The summed E-state index contributed by atoms with van der Waals surface area (Å²) in [5.74, 6) is -0.598. The van der Waals surface area contributed by atoms with Gasteiger partial charge in [0.2, 0.25) is 0 Å². The van der Waals surface area contributed by atoms with Gasteiger partial charge in [-0.3, -0.25) is 5.41 Å². The molecule has 2 rings (SSSR count). The monoisotopic (exact) mass is 266 g/mol. The molecule has 0 bridgehead atoms. The lowest BCUT2D eigenvalue weighted by Gasteiger charge is -2.05. The fraction of sp³-hybridized carbons (Fsp3) is 0. The fourth-order valence-electron chi connectivity index (χ4n) is 1.19. The van der Waals surface area contributed by atoms with Crippen LogP contribution in [0, 0.1) is 11.2 Å². The van der Waals surface area contributed by atoms with Crippen molar-refractivity contribution in [2.75, 3.05) is 0 Å². The summed E-state index contributed by atoms with van der Waals surface area (Å²) in [6, 6.07) is 5.41. The van der Waals surface area contributed by atoms with Gasteiger partial charge in [0.05, 0.1) is 5.02 Å². The smallest absolute Gasteiger partial charge is 0.322 e. The van der Waals surface area contributed by atoms with Crippen LogP contribution in [0.4, 0.5) is 4.39 Å². The molecule has 0 amide bonds. The number of nitrogens with one attached hydrogen (secondary N) is 1. The van der Waals surface area contributed by atoms with Gasteiger partial charge in [0.15, 0.2) is 0 Å². The highest BCUT2D eigenvalue weighted by atomic mass is 35.5. The number of nitrogens with zero attached hydrogens (tertiary/aromatic N) is 2. The third kappa shape index (κ3) is 2.72. The number of halogens is 2. The molecule has 18 heavy (non-hydrogen) atoms. The van der Waals surface area contributed by atoms with E-state index in [2.05, 4.69) is 9.97 Å². The SMILES string of the molecule is N=C(N)c1ccnc(Oc2ccc(Cl)c(F)c2)n1. The van der Waals surface area contributed by atoms with Crippen molar-refractivity contribution in [1.29, 1.82) is 5.41 Å². The molecule has 1 aromatic heterocycles. The van der Waals surface area contributed by atoms with Crippen molar-refractivity contribution >= 4 is 17.4 Å². The average molecular weight is 267 g/mol. The van der Waals surface area contributed by atoms with E-state index in [9.17, 15) is 4.39 Å². The van der Waals surface area contributed by atoms with Gasteiger partial charge in [-0.15, -0.1) is 0 Å². The fourth-order valence-corrected chi connectivity index (χ4v) is 1.30. The van der Waals surface area contributed by atoms with E-state index in [0.29, 0.717) is 0 Å². The van der Waals surface area contributed by atoms with Crippen LogP contribution < -0.4 is 10.5 Å². The highest BCUT2D eigenvalue weighted by molar-refractivity contribution is 6.30. The van der Waals surface area contributed by atoms with Crippen LogP contribution in [0.25, 0.3) is 0 Å². The molecule has 0 radical (unpaired) electrons. The molecule has 92 valence electrons. The largest absolute Gasteiger partial charge is 0.424 e. The number of ether oxygens (including phenoxy) is 1. The van der Waals surface area contributed by atoms with Gasteiger partial charge in [-0.1, -0.05) is 11.6 Å². The van der Waals surface area contributed by atoms with Crippen molar-refractivity contribution in [3.05, 3.63) is 47.0 Å². The summed E-state index contributed by atoms with van der Waals surface area (Å²) in [6.07, 6.45) is 1.39. The first kappa shape index (κ1) is 12.3. The Morgan fingerprint density at radius 2 is 2.17 bits per heavy atom. The zero-order chi connectivity index (χ0) is 13.1. The van der Waals surface area contributed by atoms with Crippen molar-refractivity contribution in [3.63, 3.8) is 0 Å². The first-order chi connectivity index (χ1) is 8.56. The number of aromatic nitrogens is 2. The first-order valence-electron chi connectivity index (χ1n) is 4.86. The summed E-state index contributed by atoms with van der Waals surface area (Å²) in [5, 5.41) is 7.23. The van der Waals surface area contributed by atoms with Crippen molar-refractivity contribution in [2.45, 2.75) is 0 Å². The topological polar surface area (TPSA) is 84.9 Å². The molecule has 2 aromatic rings. The lowest BCUT2D eigenvalue weighted by molar-refractivity contribution is 0.437. The van der Waals surface area contributed by atoms with E-state index in [1.807, 2.05) is 0 Å². The molecule has 0 aliphatic carbocycles. The summed E-state index contributed by atoms with van der Waals surface area (Å²) in [4.78, 5) is 7.71. The normalized spacial score (nSPS) is 10.1. The average Bonchev–Trinajstić information content (AvgIpc) is 2.34.